The van der Waals surface area contributed by atoms with Crippen LogP contribution >= 0.6 is 0 Å². The molecule has 2 aliphatic rings. The van der Waals surface area contributed by atoms with Crippen LogP contribution in [0.1, 0.15) is 88.0 Å². The molecule has 0 bridgehead atoms. The zero-order chi connectivity index (χ0) is 23.4. The lowest BCUT2D eigenvalue weighted by atomic mass is 9.83. The van der Waals surface area contributed by atoms with Crippen LogP contribution in [0.3, 0.4) is 0 Å². The van der Waals surface area contributed by atoms with Gasteiger partial charge in [-0.3, -0.25) is 4.79 Å². The first-order chi connectivity index (χ1) is 16.0. The zero-order valence-corrected chi connectivity index (χ0v) is 20.9. The van der Waals surface area contributed by atoms with Crippen LogP contribution in [0.25, 0.3) is 5.57 Å². The van der Waals surface area contributed by atoms with E-state index in [1.165, 1.54) is 52.7 Å². The van der Waals surface area contributed by atoms with Gasteiger partial charge in [-0.05, 0) is 65.3 Å². The van der Waals surface area contributed by atoms with Gasteiger partial charge < -0.3 is 0 Å². The van der Waals surface area contributed by atoms with Gasteiger partial charge in [-0.1, -0.05) is 107 Å². The molecular formula is C32H40O. The molecular weight excluding hydrogens is 400 g/mol. The second-order valence-corrected chi connectivity index (χ2v) is 10.2. The number of carbonyl (C=O) groups excluding carboxylic acids is 1. The van der Waals surface area contributed by atoms with Gasteiger partial charge in [-0.25, -0.2) is 0 Å². The molecule has 3 atom stereocenters. The van der Waals surface area contributed by atoms with E-state index < -0.39 is 0 Å². The van der Waals surface area contributed by atoms with Crippen LogP contribution in [-0.2, 0) is 17.6 Å². The van der Waals surface area contributed by atoms with Crippen molar-refractivity contribution in [1.82, 2.24) is 0 Å². The minimum Gasteiger partial charge on any atom is -0.299 e. The van der Waals surface area contributed by atoms with Gasteiger partial charge in [0.15, 0.2) is 0 Å². The van der Waals surface area contributed by atoms with Crippen molar-refractivity contribution in [3.05, 3.63) is 88.5 Å². The molecule has 0 spiro atoms. The molecule has 174 valence electrons. The maximum atomic E-state index is 13.3. The number of hydrogen-bond acceptors (Lipinski definition) is 1. The van der Waals surface area contributed by atoms with Gasteiger partial charge in [0.1, 0.15) is 5.78 Å². The number of allylic oxidation sites excluding steroid dienone is 4. The number of ketones is 1. The Labute approximate surface area is 201 Å². The van der Waals surface area contributed by atoms with Crippen LogP contribution in [0.5, 0.6) is 0 Å². The number of rotatable bonds is 10. The van der Waals surface area contributed by atoms with Crippen LogP contribution in [0.15, 0.2) is 66.3 Å². The van der Waals surface area contributed by atoms with E-state index in [0.29, 0.717) is 24.0 Å². The SMILES string of the molecule is CCC(CC)Cc1ccc(C2=CC=C(CCC(=O)C3c4ccccc4CC3C)C2CC)cc1. The molecule has 2 aliphatic carbocycles. The predicted molar refractivity (Wildman–Crippen MR) is 140 cm³/mol. The molecule has 0 N–H and O–H groups in total. The molecule has 0 heterocycles. The Morgan fingerprint density at radius 2 is 1.70 bits per heavy atom. The number of hydrogen-bond donors (Lipinski definition) is 0. The van der Waals surface area contributed by atoms with E-state index >= 15 is 0 Å². The van der Waals surface area contributed by atoms with E-state index in [-0.39, 0.29) is 5.92 Å². The Kier molecular flexibility index (Phi) is 7.68. The summed E-state index contributed by atoms with van der Waals surface area (Å²) in [5, 5.41) is 0. The van der Waals surface area contributed by atoms with Crippen molar-refractivity contribution < 1.29 is 4.79 Å². The van der Waals surface area contributed by atoms with E-state index in [0.717, 1.165) is 25.2 Å². The van der Waals surface area contributed by atoms with Crippen molar-refractivity contribution in [1.29, 1.82) is 0 Å². The van der Waals surface area contributed by atoms with Gasteiger partial charge in [0.25, 0.3) is 0 Å². The zero-order valence-electron chi connectivity index (χ0n) is 20.9. The highest BCUT2D eigenvalue weighted by Crippen LogP contribution is 2.42. The quantitative estimate of drug-likeness (QED) is 0.363. The second kappa shape index (κ2) is 10.7. The third kappa shape index (κ3) is 5.08. The fourth-order valence-electron chi connectivity index (χ4n) is 6.12. The standard InChI is InChI=1S/C32H40O/c1-5-23(6-2)21-24-12-14-26(15-13-24)29-18-16-25(28(29)7-3)17-19-31(33)32-22(4)20-27-10-8-9-11-30(27)32/h8-16,18,22-23,28,32H,5-7,17,19-21H2,1-4H3. The van der Waals surface area contributed by atoms with E-state index in [9.17, 15) is 4.79 Å². The lowest BCUT2D eigenvalue weighted by molar-refractivity contribution is -0.121. The summed E-state index contributed by atoms with van der Waals surface area (Å²) in [4.78, 5) is 13.3. The van der Waals surface area contributed by atoms with Crippen molar-refractivity contribution in [2.24, 2.45) is 17.8 Å². The third-order valence-electron chi connectivity index (χ3n) is 8.18. The predicted octanol–water partition coefficient (Wildman–Crippen LogP) is 8.34. The lowest BCUT2D eigenvalue weighted by Gasteiger charge is -2.20. The van der Waals surface area contributed by atoms with Gasteiger partial charge >= 0.3 is 0 Å². The molecule has 0 fully saturated rings. The normalized spacial score (nSPS) is 21.8. The molecule has 33 heavy (non-hydrogen) atoms. The summed E-state index contributed by atoms with van der Waals surface area (Å²) in [5.74, 6) is 2.14. The molecule has 1 heteroatoms. The third-order valence-corrected chi connectivity index (χ3v) is 8.18. The minimum atomic E-state index is 0.0818. The summed E-state index contributed by atoms with van der Waals surface area (Å²) in [6.07, 6.45) is 11.9. The fraction of sp³-hybridized carbons (Fsp3) is 0.469. The van der Waals surface area contributed by atoms with Crippen LogP contribution in [0.2, 0.25) is 0 Å². The summed E-state index contributed by atoms with van der Waals surface area (Å²) in [5.41, 5.74) is 8.28. The largest absolute Gasteiger partial charge is 0.299 e. The highest BCUT2D eigenvalue weighted by Gasteiger charge is 2.34. The molecule has 1 nitrogen and oxygen atoms in total. The van der Waals surface area contributed by atoms with Gasteiger partial charge in [0.05, 0.1) is 0 Å². The molecule has 4 rings (SSSR count). The summed E-state index contributed by atoms with van der Waals surface area (Å²) in [6, 6.07) is 17.8. The average molecular weight is 441 g/mol. The van der Waals surface area contributed by atoms with Crippen LogP contribution in [0.4, 0.5) is 0 Å². The maximum Gasteiger partial charge on any atom is 0.140 e. The van der Waals surface area contributed by atoms with Crippen molar-refractivity contribution in [3.63, 3.8) is 0 Å². The van der Waals surface area contributed by atoms with Crippen molar-refractivity contribution in [2.75, 3.05) is 0 Å². The summed E-state index contributed by atoms with van der Waals surface area (Å²) in [6.45, 7) is 9.10. The number of carbonyl (C=O) groups is 1. The first kappa shape index (κ1) is 23.7. The first-order valence-electron chi connectivity index (χ1n) is 13.2. The lowest BCUT2D eigenvalue weighted by Crippen LogP contribution is -2.16. The Bertz CT molecular complexity index is 1020. The average Bonchev–Trinajstić information content (AvgIpc) is 3.41. The molecule has 2 aromatic carbocycles. The minimum absolute atomic E-state index is 0.0818. The van der Waals surface area contributed by atoms with Crippen molar-refractivity contribution in [3.8, 4) is 0 Å². The van der Waals surface area contributed by atoms with E-state index in [4.69, 9.17) is 0 Å². The Balaban J connectivity index is 1.38. The molecule has 0 radical (unpaired) electrons. The molecule has 0 amide bonds. The monoisotopic (exact) mass is 440 g/mol. The van der Waals surface area contributed by atoms with Gasteiger partial charge in [0.2, 0.25) is 0 Å². The smallest absolute Gasteiger partial charge is 0.140 e. The summed E-state index contributed by atoms with van der Waals surface area (Å²) >= 11 is 0. The molecule has 2 aromatic rings. The maximum absolute atomic E-state index is 13.3. The Morgan fingerprint density at radius 3 is 2.39 bits per heavy atom. The van der Waals surface area contributed by atoms with Crippen LogP contribution in [0, 0.1) is 17.8 Å². The topological polar surface area (TPSA) is 17.1 Å². The number of benzene rings is 2. The van der Waals surface area contributed by atoms with E-state index in [1.807, 2.05) is 0 Å². The Hall–Kier alpha value is -2.41. The van der Waals surface area contributed by atoms with Crippen molar-refractivity contribution in [2.45, 2.75) is 78.6 Å². The molecule has 0 aromatic heterocycles. The van der Waals surface area contributed by atoms with Crippen molar-refractivity contribution >= 4 is 11.4 Å². The second-order valence-electron chi connectivity index (χ2n) is 10.2. The molecule has 0 saturated carbocycles. The first-order valence-corrected chi connectivity index (χ1v) is 13.2. The highest BCUT2D eigenvalue weighted by atomic mass is 16.1. The summed E-state index contributed by atoms with van der Waals surface area (Å²) in [7, 11) is 0. The van der Waals surface area contributed by atoms with Crippen LogP contribution in [-0.4, -0.2) is 5.78 Å². The number of Topliss-reactive ketones (excluding diaryl/α,β-unsaturated/α-hetero) is 1. The Morgan fingerprint density at radius 1 is 0.970 bits per heavy atom. The van der Waals surface area contributed by atoms with Gasteiger partial charge in [0, 0.05) is 18.3 Å². The van der Waals surface area contributed by atoms with Gasteiger partial charge in [-0.15, -0.1) is 0 Å². The number of fused-ring (bicyclic) bond motifs is 1. The molecule has 3 unspecified atom stereocenters. The fourth-order valence-corrected chi connectivity index (χ4v) is 6.12. The summed E-state index contributed by atoms with van der Waals surface area (Å²) < 4.78 is 0. The van der Waals surface area contributed by atoms with E-state index in [1.54, 1.807) is 0 Å². The van der Waals surface area contributed by atoms with Gasteiger partial charge in [-0.2, -0.15) is 0 Å². The van der Waals surface area contributed by atoms with Crippen LogP contribution < -0.4 is 0 Å². The highest BCUT2D eigenvalue weighted by molar-refractivity contribution is 5.87. The van der Waals surface area contributed by atoms with E-state index in [2.05, 4.69) is 88.4 Å². The molecule has 0 saturated heterocycles. The molecule has 0 aliphatic heterocycles.